The molecule has 1 saturated heterocycles. The molecule has 7 rings (SSSR count). The lowest BCUT2D eigenvalue weighted by atomic mass is 9.83. The van der Waals surface area contributed by atoms with Crippen LogP contribution >= 0.6 is 23.1 Å². The summed E-state index contributed by atoms with van der Waals surface area (Å²) in [5, 5.41) is 4.77. The van der Waals surface area contributed by atoms with Gasteiger partial charge in [0.15, 0.2) is 18.1 Å². The number of nitrogens with zero attached hydrogens (tertiary/aromatic N) is 1. The van der Waals surface area contributed by atoms with Gasteiger partial charge in [-0.3, -0.25) is 19.2 Å². The van der Waals surface area contributed by atoms with Gasteiger partial charge in [-0.05, 0) is 64.9 Å². The van der Waals surface area contributed by atoms with Crippen LogP contribution in [0.25, 0.3) is 10.8 Å². The smallest absolute Gasteiger partial charge is 0.305 e. The van der Waals surface area contributed by atoms with E-state index in [0.29, 0.717) is 44.1 Å². The van der Waals surface area contributed by atoms with Crippen LogP contribution in [0.1, 0.15) is 16.4 Å². The molecule has 3 heterocycles. The summed E-state index contributed by atoms with van der Waals surface area (Å²) in [4.78, 5) is 57.4. The minimum atomic E-state index is -0.761. The number of methoxy groups -OCH3 is 2. The third kappa shape index (κ3) is 5.29. The summed E-state index contributed by atoms with van der Waals surface area (Å²) in [6.07, 6.45) is 0. The van der Waals surface area contributed by atoms with E-state index in [4.69, 9.17) is 14.2 Å². The molecule has 3 amide bonds. The van der Waals surface area contributed by atoms with Crippen LogP contribution in [0.4, 0.5) is 11.4 Å². The molecule has 0 saturated carbocycles. The largest absolute Gasteiger partial charge is 0.497 e. The summed E-state index contributed by atoms with van der Waals surface area (Å²) in [5.41, 5.74) is 1.78. The van der Waals surface area contributed by atoms with E-state index in [1.165, 1.54) is 23.8 Å². The van der Waals surface area contributed by atoms with Gasteiger partial charge in [0.25, 0.3) is 5.91 Å². The Morgan fingerprint density at radius 1 is 0.870 bits per heavy atom. The van der Waals surface area contributed by atoms with Crippen LogP contribution in [-0.2, 0) is 14.4 Å². The lowest BCUT2D eigenvalue weighted by Gasteiger charge is -2.30. The quantitative estimate of drug-likeness (QED) is 0.213. The lowest BCUT2D eigenvalue weighted by Crippen LogP contribution is -2.32. The monoisotopic (exact) mass is 653 g/mol. The molecule has 0 radical (unpaired) electrons. The highest BCUT2D eigenvalue weighted by molar-refractivity contribution is 8.00. The molecule has 0 bridgehead atoms. The van der Waals surface area contributed by atoms with Crippen molar-refractivity contribution in [2.45, 2.75) is 16.2 Å². The Kier molecular flexibility index (Phi) is 7.75. The van der Waals surface area contributed by atoms with Gasteiger partial charge < -0.3 is 24.5 Å². The van der Waals surface area contributed by atoms with Gasteiger partial charge in [0.05, 0.1) is 30.9 Å². The Morgan fingerprint density at radius 3 is 2.41 bits per heavy atom. The van der Waals surface area contributed by atoms with Crippen molar-refractivity contribution >= 4 is 63.0 Å². The first-order chi connectivity index (χ1) is 22.3. The van der Waals surface area contributed by atoms with E-state index >= 15 is 0 Å². The van der Waals surface area contributed by atoms with Gasteiger partial charge in [0.2, 0.25) is 11.8 Å². The number of thioether (sulfide) groups is 1. The van der Waals surface area contributed by atoms with Crippen molar-refractivity contribution in [1.82, 2.24) is 4.98 Å². The number of aromatic nitrogens is 1. The fourth-order valence-electron chi connectivity index (χ4n) is 5.97. The fraction of sp³-hybridized carbons (Fsp3) is 0.176. The molecule has 5 aromatic rings. The van der Waals surface area contributed by atoms with Crippen LogP contribution in [0.5, 0.6) is 17.2 Å². The molecule has 2 aliphatic heterocycles. The number of carbonyl (C=O) groups is 3. The zero-order chi connectivity index (χ0) is 31.9. The van der Waals surface area contributed by atoms with E-state index < -0.39 is 17.1 Å². The van der Waals surface area contributed by atoms with E-state index in [9.17, 15) is 19.2 Å². The molecule has 1 aromatic heterocycles. The number of anilines is 2. The molecule has 0 aliphatic carbocycles. The van der Waals surface area contributed by atoms with Gasteiger partial charge in [0.1, 0.15) is 11.0 Å². The Bertz CT molecular complexity index is 2060. The first kappa shape index (κ1) is 29.6. The van der Waals surface area contributed by atoms with Gasteiger partial charge in [0, 0.05) is 16.5 Å². The number of nitrogens with one attached hydrogen (secondary N) is 2. The maximum Gasteiger partial charge on any atom is 0.305 e. The van der Waals surface area contributed by atoms with E-state index in [1.54, 1.807) is 49.6 Å². The number of aromatic amines is 1. The van der Waals surface area contributed by atoms with Crippen LogP contribution < -0.4 is 29.3 Å². The Hall–Kier alpha value is -5.07. The number of hydrogen-bond donors (Lipinski definition) is 2. The molecule has 12 heteroatoms. The van der Waals surface area contributed by atoms with Gasteiger partial charge in [-0.2, -0.15) is 0 Å². The number of thiazole rings is 1. The number of hydrogen-bond acceptors (Lipinski definition) is 9. The maximum absolute atomic E-state index is 14.0. The maximum atomic E-state index is 14.0. The van der Waals surface area contributed by atoms with E-state index in [1.807, 2.05) is 42.5 Å². The van der Waals surface area contributed by atoms with E-state index in [-0.39, 0.29) is 29.2 Å². The zero-order valence-electron chi connectivity index (χ0n) is 24.6. The summed E-state index contributed by atoms with van der Waals surface area (Å²) >= 11 is 2.23. The average molecular weight is 654 g/mol. The van der Waals surface area contributed by atoms with Crippen molar-refractivity contribution in [3.63, 3.8) is 0 Å². The van der Waals surface area contributed by atoms with Crippen molar-refractivity contribution in [2.24, 2.45) is 5.92 Å². The van der Waals surface area contributed by atoms with E-state index in [2.05, 4.69) is 10.3 Å². The molecular formula is C34H27N3O7S2. The standard InChI is InChI=1S/C34H27N3O7S2/c1-42-23-12-10-22(11-13-23)37-32(39)28-27(29-31(36-34(41)46-29)45-30(28)33(37)40)20-8-14-24(25(16-20)43-2)44-17-26(38)35-21-9-7-18-5-3-4-6-19(18)15-21/h3-16,27-28,30H,17H2,1-2H3,(H,35,38)(H,36,41). The third-order valence-corrected chi connectivity index (χ3v) is 10.5. The van der Waals surface area contributed by atoms with Crippen LogP contribution in [0.2, 0.25) is 0 Å². The first-order valence-electron chi connectivity index (χ1n) is 14.4. The molecule has 4 aromatic carbocycles. The van der Waals surface area contributed by atoms with E-state index in [0.717, 1.165) is 22.1 Å². The first-order valence-corrected chi connectivity index (χ1v) is 16.0. The van der Waals surface area contributed by atoms with Crippen LogP contribution in [0, 0.1) is 5.92 Å². The minimum Gasteiger partial charge on any atom is -0.497 e. The second-order valence-electron chi connectivity index (χ2n) is 10.8. The fourth-order valence-corrected chi connectivity index (χ4v) is 8.48. The van der Waals surface area contributed by atoms with Gasteiger partial charge >= 0.3 is 4.87 Å². The number of imide groups is 1. The highest BCUT2D eigenvalue weighted by Crippen LogP contribution is 2.53. The predicted molar refractivity (Wildman–Crippen MR) is 176 cm³/mol. The van der Waals surface area contributed by atoms with Crippen molar-refractivity contribution in [3.8, 4) is 17.2 Å². The van der Waals surface area contributed by atoms with Crippen molar-refractivity contribution in [2.75, 3.05) is 31.0 Å². The van der Waals surface area contributed by atoms with Gasteiger partial charge in [-0.1, -0.05) is 59.5 Å². The number of rotatable bonds is 8. The van der Waals surface area contributed by atoms with Crippen molar-refractivity contribution < 1.29 is 28.6 Å². The minimum absolute atomic E-state index is 0.263. The summed E-state index contributed by atoms with van der Waals surface area (Å²) in [7, 11) is 3.03. The highest BCUT2D eigenvalue weighted by Gasteiger charge is 2.56. The Labute approximate surface area is 271 Å². The highest BCUT2D eigenvalue weighted by atomic mass is 32.2. The third-order valence-electron chi connectivity index (χ3n) is 8.09. The van der Waals surface area contributed by atoms with Gasteiger partial charge in [-0.25, -0.2) is 4.90 Å². The molecule has 46 heavy (non-hydrogen) atoms. The molecule has 3 atom stereocenters. The van der Waals surface area contributed by atoms with Gasteiger partial charge in [-0.15, -0.1) is 0 Å². The zero-order valence-corrected chi connectivity index (χ0v) is 26.3. The van der Waals surface area contributed by atoms with Crippen LogP contribution in [0.3, 0.4) is 0 Å². The molecule has 3 unspecified atom stereocenters. The average Bonchev–Trinajstić information content (AvgIpc) is 3.57. The molecule has 10 nitrogen and oxygen atoms in total. The molecule has 2 N–H and O–H groups in total. The predicted octanol–water partition coefficient (Wildman–Crippen LogP) is 5.42. The summed E-state index contributed by atoms with van der Waals surface area (Å²) in [6, 6.07) is 25.5. The SMILES string of the molecule is COc1ccc(N2C(=O)C3Sc4[nH]c(=O)sc4C(c4ccc(OCC(=O)Nc5ccc6ccccc6c5)c(OC)c4)C3C2=O)cc1. The number of fused-ring (bicyclic) bond motifs is 3. The normalized spacial score (nSPS) is 18.7. The summed E-state index contributed by atoms with van der Waals surface area (Å²) in [5.74, 6) is -1.12. The number of ether oxygens (including phenoxy) is 3. The lowest BCUT2D eigenvalue weighted by molar-refractivity contribution is -0.122. The number of H-pyrrole nitrogens is 1. The summed E-state index contributed by atoms with van der Waals surface area (Å²) in [6.45, 7) is -0.263. The van der Waals surface area contributed by atoms with Crippen molar-refractivity contribution in [3.05, 3.63) is 105 Å². The van der Waals surface area contributed by atoms with Crippen LogP contribution in [0.15, 0.2) is 94.7 Å². The topological polar surface area (TPSA) is 127 Å². The molecular weight excluding hydrogens is 627 g/mol. The molecule has 0 spiro atoms. The number of amides is 3. The van der Waals surface area contributed by atoms with Crippen LogP contribution in [-0.4, -0.2) is 48.8 Å². The van der Waals surface area contributed by atoms with Crippen molar-refractivity contribution in [1.29, 1.82) is 0 Å². The second kappa shape index (κ2) is 12.0. The molecule has 2 aliphatic rings. The Morgan fingerprint density at radius 2 is 1.65 bits per heavy atom. The number of carbonyl (C=O) groups excluding carboxylic acids is 3. The molecule has 232 valence electrons. The Balaban J connectivity index is 1.15. The summed E-state index contributed by atoms with van der Waals surface area (Å²) < 4.78 is 16.7. The second-order valence-corrected chi connectivity index (χ2v) is 12.9. The molecule has 1 fully saturated rings. The number of benzene rings is 4.